The van der Waals surface area contributed by atoms with Gasteiger partial charge in [0.25, 0.3) is 0 Å². The van der Waals surface area contributed by atoms with Crippen LogP contribution in [0.1, 0.15) is 201 Å². The Morgan fingerprint density at radius 1 is 0.545 bits per heavy atom. The van der Waals surface area contributed by atoms with Crippen LogP contribution in [0.5, 0.6) is 0 Å². The number of hydrogen-bond acceptors (Lipinski definition) is 5. The molecule has 0 aromatic carbocycles. The molecular formula is C49H85NO5. The molecule has 3 atom stereocenters. The lowest BCUT2D eigenvalue weighted by Crippen LogP contribution is -2.46. The van der Waals surface area contributed by atoms with Crippen molar-refractivity contribution >= 4 is 11.9 Å². The predicted molar refractivity (Wildman–Crippen MR) is 236 cm³/mol. The Kier molecular flexibility index (Phi) is 40.4. The van der Waals surface area contributed by atoms with Crippen LogP contribution in [0.15, 0.2) is 72.9 Å². The monoisotopic (exact) mass is 768 g/mol. The highest BCUT2D eigenvalue weighted by Crippen LogP contribution is 2.16. The molecule has 0 aliphatic heterocycles. The van der Waals surface area contributed by atoms with Gasteiger partial charge in [-0.25, -0.2) is 0 Å². The van der Waals surface area contributed by atoms with Crippen molar-refractivity contribution in [3.63, 3.8) is 0 Å². The number of hydrogen-bond donors (Lipinski definition) is 3. The molecule has 0 spiro atoms. The standard InChI is InChI=1S/C49H85NO5/c1-4-7-10-13-16-19-22-23-24-25-27-30-33-36-39-42-49(54)55-45(40-37-34-31-28-26-20-17-14-11-8-5-2)43-48(53)50-46(44-51)47(52)41-38-35-32-29-21-18-15-12-9-6-3/h7,10,13,16,19,22-25,27-28,31,45-47,51-52H,4-6,8-9,11-12,14-15,17-18,20-21,26,29-30,32-44H2,1-3H3,(H,50,53)/b10-7+,16-13+,22-19-,24-23-,27-25+,31-28-. The van der Waals surface area contributed by atoms with Gasteiger partial charge in [0.1, 0.15) is 6.10 Å². The van der Waals surface area contributed by atoms with Crippen molar-refractivity contribution in [3.05, 3.63) is 72.9 Å². The van der Waals surface area contributed by atoms with Crippen LogP contribution in [0.25, 0.3) is 0 Å². The lowest BCUT2D eigenvalue weighted by atomic mass is 10.0. The fraction of sp³-hybridized carbons (Fsp3) is 0.714. The number of esters is 1. The van der Waals surface area contributed by atoms with Crippen LogP contribution < -0.4 is 5.32 Å². The average molecular weight is 768 g/mol. The van der Waals surface area contributed by atoms with Crippen molar-refractivity contribution < 1.29 is 24.5 Å². The van der Waals surface area contributed by atoms with E-state index < -0.39 is 18.2 Å². The predicted octanol–water partition coefficient (Wildman–Crippen LogP) is 13.1. The third-order valence-electron chi connectivity index (χ3n) is 9.90. The summed E-state index contributed by atoms with van der Waals surface area (Å²) in [5.74, 6) is -0.560. The number of rotatable bonds is 39. The number of aliphatic hydroxyl groups excluding tert-OH is 2. The fourth-order valence-corrected chi connectivity index (χ4v) is 6.45. The molecule has 0 radical (unpaired) electrons. The molecule has 55 heavy (non-hydrogen) atoms. The zero-order chi connectivity index (χ0) is 40.3. The molecular weight excluding hydrogens is 683 g/mol. The van der Waals surface area contributed by atoms with Gasteiger partial charge >= 0.3 is 5.97 Å². The summed E-state index contributed by atoms with van der Waals surface area (Å²) in [5, 5.41) is 23.6. The molecule has 0 heterocycles. The molecule has 316 valence electrons. The van der Waals surface area contributed by atoms with Gasteiger partial charge in [0.2, 0.25) is 5.91 Å². The molecule has 0 aromatic rings. The molecule has 0 bridgehead atoms. The van der Waals surface area contributed by atoms with Crippen molar-refractivity contribution in [2.75, 3.05) is 6.61 Å². The Bertz CT molecular complexity index is 1040. The Labute approximate surface area is 339 Å². The molecule has 0 saturated heterocycles. The minimum atomic E-state index is -0.802. The average Bonchev–Trinajstić information content (AvgIpc) is 3.18. The Morgan fingerprint density at radius 2 is 1.02 bits per heavy atom. The number of allylic oxidation sites excluding steroid dienone is 12. The zero-order valence-electron chi connectivity index (χ0n) is 35.8. The normalized spacial score (nSPS) is 14.1. The first-order valence-corrected chi connectivity index (χ1v) is 22.7. The maximum absolute atomic E-state index is 13.1. The highest BCUT2D eigenvalue weighted by Gasteiger charge is 2.24. The number of nitrogens with one attached hydrogen (secondary N) is 1. The van der Waals surface area contributed by atoms with Gasteiger partial charge in [-0.1, -0.05) is 196 Å². The van der Waals surface area contributed by atoms with E-state index in [1.54, 1.807) is 0 Å². The van der Waals surface area contributed by atoms with E-state index in [2.05, 4.69) is 56.5 Å². The van der Waals surface area contributed by atoms with Crippen LogP contribution >= 0.6 is 0 Å². The van der Waals surface area contributed by atoms with Crippen molar-refractivity contribution in [2.45, 2.75) is 219 Å². The molecule has 0 fully saturated rings. The number of ether oxygens (including phenoxy) is 1. The minimum Gasteiger partial charge on any atom is -0.462 e. The lowest BCUT2D eigenvalue weighted by Gasteiger charge is -2.24. The number of carbonyl (C=O) groups is 2. The number of aliphatic hydroxyl groups is 2. The summed E-state index contributed by atoms with van der Waals surface area (Å²) >= 11 is 0. The third kappa shape index (κ3) is 38.0. The van der Waals surface area contributed by atoms with Gasteiger partial charge in [-0.2, -0.15) is 0 Å². The molecule has 0 aliphatic carbocycles. The summed E-state index contributed by atoms with van der Waals surface area (Å²) in [4.78, 5) is 25.9. The lowest BCUT2D eigenvalue weighted by molar-refractivity contribution is -0.151. The summed E-state index contributed by atoms with van der Waals surface area (Å²) in [6.45, 7) is 6.28. The van der Waals surface area contributed by atoms with Crippen LogP contribution in [0.2, 0.25) is 0 Å². The van der Waals surface area contributed by atoms with Crippen LogP contribution in [0.3, 0.4) is 0 Å². The van der Waals surface area contributed by atoms with Gasteiger partial charge in [0.05, 0.1) is 25.2 Å². The first-order chi connectivity index (χ1) is 27.0. The molecule has 3 N–H and O–H groups in total. The topological polar surface area (TPSA) is 95.9 Å². The summed E-state index contributed by atoms with van der Waals surface area (Å²) < 4.78 is 5.86. The second-order valence-corrected chi connectivity index (χ2v) is 15.2. The Morgan fingerprint density at radius 3 is 1.58 bits per heavy atom. The van der Waals surface area contributed by atoms with Crippen molar-refractivity contribution in [2.24, 2.45) is 0 Å². The first kappa shape index (κ1) is 52.3. The second-order valence-electron chi connectivity index (χ2n) is 15.2. The zero-order valence-corrected chi connectivity index (χ0v) is 35.8. The largest absolute Gasteiger partial charge is 0.462 e. The van der Waals surface area contributed by atoms with Gasteiger partial charge in [-0.05, 0) is 64.2 Å². The smallest absolute Gasteiger partial charge is 0.306 e. The Hall–Kier alpha value is -2.70. The van der Waals surface area contributed by atoms with E-state index in [-0.39, 0.29) is 24.9 Å². The van der Waals surface area contributed by atoms with Gasteiger partial charge in [-0.3, -0.25) is 9.59 Å². The first-order valence-electron chi connectivity index (χ1n) is 22.7. The fourth-order valence-electron chi connectivity index (χ4n) is 6.45. The molecule has 3 unspecified atom stereocenters. The van der Waals surface area contributed by atoms with Crippen molar-refractivity contribution in [3.8, 4) is 0 Å². The molecule has 6 heteroatoms. The second kappa shape index (κ2) is 42.4. The summed E-state index contributed by atoms with van der Waals surface area (Å²) in [7, 11) is 0. The van der Waals surface area contributed by atoms with E-state index in [4.69, 9.17) is 4.74 Å². The van der Waals surface area contributed by atoms with E-state index in [1.165, 1.54) is 83.5 Å². The quantitative estimate of drug-likeness (QED) is 0.0250. The van der Waals surface area contributed by atoms with Gasteiger partial charge in [0.15, 0.2) is 0 Å². The molecule has 0 saturated carbocycles. The molecule has 1 amide bonds. The van der Waals surface area contributed by atoms with E-state index in [0.29, 0.717) is 19.3 Å². The van der Waals surface area contributed by atoms with E-state index in [9.17, 15) is 19.8 Å². The van der Waals surface area contributed by atoms with Crippen LogP contribution in [-0.4, -0.2) is 46.9 Å². The highest BCUT2D eigenvalue weighted by atomic mass is 16.5. The van der Waals surface area contributed by atoms with E-state index >= 15 is 0 Å². The van der Waals surface area contributed by atoms with Gasteiger partial charge in [-0.15, -0.1) is 0 Å². The summed E-state index contributed by atoms with van der Waals surface area (Å²) in [5.41, 5.74) is 0. The highest BCUT2D eigenvalue weighted by molar-refractivity contribution is 5.77. The maximum Gasteiger partial charge on any atom is 0.306 e. The van der Waals surface area contributed by atoms with Crippen LogP contribution in [0.4, 0.5) is 0 Å². The number of amides is 1. The minimum absolute atomic E-state index is 0.0361. The molecule has 6 nitrogen and oxygen atoms in total. The van der Waals surface area contributed by atoms with E-state index in [0.717, 1.165) is 70.6 Å². The third-order valence-corrected chi connectivity index (χ3v) is 9.90. The van der Waals surface area contributed by atoms with E-state index in [1.807, 2.05) is 42.5 Å². The maximum atomic E-state index is 13.1. The van der Waals surface area contributed by atoms with Crippen molar-refractivity contribution in [1.82, 2.24) is 5.32 Å². The van der Waals surface area contributed by atoms with Crippen molar-refractivity contribution in [1.29, 1.82) is 0 Å². The number of carbonyl (C=O) groups excluding carboxylic acids is 2. The molecule has 0 rings (SSSR count). The van der Waals surface area contributed by atoms with Crippen LogP contribution in [0, 0.1) is 0 Å². The Balaban J connectivity index is 4.72. The molecule has 0 aromatic heterocycles. The summed E-state index contributed by atoms with van der Waals surface area (Å²) in [6.07, 6.45) is 52.5. The van der Waals surface area contributed by atoms with Crippen LogP contribution in [-0.2, 0) is 14.3 Å². The van der Waals surface area contributed by atoms with Gasteiger partial charge in [0, 0.05) is 6.42 Å². The SMILES string of the molecule is CC/C=C/C=C/C=C\C=C/C=C/CCCCCC(=O)OC(CCC/C=C\CCCCCCCC)CC(=O)NC(CO)C(O)CCCCCCCCCCCC. The molecule has 0 aliphatic rings. The van der Waals surface area contributed by atoms with Gasteiger partial charge < -0.3 is 20.3 Å². The number of unbranched alkanes of at least 4 members (excludes halogenated alkanes) is 19. The summed E-state index contributed by atoms with van der Waals surface area (Å²) in [6, 6.07) is -0.719.